The average molecular weight is 355 g/mol. The molecule has 2 aromatic rings. The van der Waals surface area contributed by atoms with Crippen LogP contribution in [0.3, 0.4) is 0 Å². The van der Waals surface area contributed by atoms with Crippen molar-refractivity contribution < 1.29 is 9.90 Å². The molecule has 1 N–H and O–H groups in total. The lowest BCUT2D eigenvalue weighted by molar-refractivity contribution is -0.133. The summed E-state index contributed by atoms with van der Waals surface area (Å²) in [5.41, 5.74) is 0.0916. The second-order valence-corrected chi connectivity index (χ2v) is 6.91. The minimum Gasteiger partial charge on any atom is -0.386 e. The number of nitrogens with zero attached hydrogens (tertiary/aromatic N) is 5. The van der Waals surface area contributed by atoms with Crippen LogP contribution in [0, 0.1) is 0 Å². The fraction of sp³-hybridized carbons (Fsp3) is 0.474. The third-order valence-electron chi connectivity index (χ3n) is 4.70. The number of hydrogen-bond acceptors (Lipinski definition) is 6. The van der Waals surface area contributed by atoms with Crippen LogP contribution in [0.4, 0.5) is 5.95 Å². The van der Waals surface area contributed by atoms with Gasteiger partial charge in [0.05, 0.1) is 18.7 Å². The molecule has 0 unspecified atom stereocenters. The van der Waals surface area contributed by atoms with Crippen molar-refractivity contribution >= 4 is 11.9 Å². The van der Waals surface area contributed by atoms with Gasteiger partial charge in [-0.1, -0.05) is 6.07 Å². The molecule has 0 saturated carbocycles. The molecule has 1 amide bonds. The van der Waals surface area contributed by atoms with Gasteiger partial charge in [-0.15, -0.1) is 0 Å². The summed E-state index contributed by atoms with van der Waals surface area (Å²) in [5.74, 6) is 0.645. The molecule has 0 bridgehead atoms. The van der Waals surface area contributed by atoms with Crippen molar-refractivity contribution in [3.05, 3.63) is 48.5 Å². The molecule has 1 atom stereocenters. The fourth-order valence-corrected chi connectivity index (χ4v) is 3.38. The van der Waals surface area contributed by atoms with Crippen molar-refractivity contribution in [2.24, 2.45) is 0 Å². The summed E-state index contributed by atoms with van der Waals surface area (Å²) >= 11 is 0. The molecule has 1 fully saturated rings. The van der Waals surface area contributed by atoms with E-state index in [0.29, 0.717) is 38.3 Å². The van der Waals surface area contributed by atoms with Gasteiger partial charge in [0.2, 0.25) is 11.9 Å². The molecule has 1 aliphatic heterocycles. The van der Waals surface area contributed by atoms with Gasteiger partial charge >= 0.3 is 0 Å². The lowest BCUT2D eigenvalue weighted by Gasteiger charge is -2.41. The van der Waals surface area contributed by atoms with Gasteiger partial charge in [-0.25, -0.2) is 9.97 Å². The molecule has 138 valence electrons. The zero-order valence-corrected chi connectivity index (χ0v) is 15.1. The Morgan fingerprint density at radius 3 is 2.85 bits per heavy atom. The number of carbonyl (C=O) groups excluding carboxylic acids is 1. The summed E-state index contributed by atoms with van der Waals surface area (Å²) in [6.45, 7) is 1.55. The number of likely N-dealkylation sites (N-methyl/N-ethyl adjacent to an activating group) is 1. The lowest BCUT2D eigenvalue weighted by Crippen LogP contribution is -2.55. The van der Waals surface area contributed by atoms with E-state index in [0.717, 1.165) is 18.5 Å². The third kappa shape index (κ3) is 4.76. The average Bonchev–Trinajstić information content (AvgIpc) is 2.67. The number of rotatable bonds is 6. The predicted octanol–water partition coefficient (Wildman–Crippen LogP) is 1.29. The highest BCUT2D eigenvalue weighted by atomic mass is 16.3. The van der Waals surface area contributed by atoms with Crippen LogP contribution in [0.15, 0.2) is 43.0 Å². The molecule has 0 radical (unpaired) electrons. The van der Waals surface area contributed by atoms with E-state index in [-0.39, 0.29) is 5.91 Å². The summed E-state index contributed by atoms with van der Waals surface area (Å²) in [5, 5.41) is 11.0. The van der Waals surface area contributed by atoms with E-state index < -0.39 is 5.60 Å². The zero-order valence-electron chi connectivity index (χ0n) is 15.1. The molecular weight excluding hydrogens is 330 g/mol. The van der Waals surface area contributed by atoms with E-state index in [9.17, 15) is 9.90 Å². The number of aryl methyl sites for hydroxylation is 1. The second kappa shape index (κ2) is 8.23. The van der Waals surface area contributed by atoms with Crippen LogP contribution in [0.2, 0.25) is 0 Å². The van der Waals surface area contributed by atoms with Gasteiger partial charge in [0.25, 0.3) is 0 Å². The quantitative estimate of drug-likeness (QED) is 0.841. The molecule has 0 aliphatic carbocycles. The zero-order chi connectivity index (χ0) is 18.4. The van der Waals surface area contributed by atoms with Crippen LogP contribution < -0.4 is 4.90 Å². The first-order valence-corrected chi connectivity index (χ1v) is 8.93. The standard InChI is InChI=1S/C19H25N5O2/c1-23(17(25)7-6-16-5-2-9-20-13-16)14-19(26)8-3-12-24(15-19)18-21-10-4-11-22-18/h2,4-5,9-11,13,26H,3,6-8,12,14-15H2,1H3/t19-/m0/s1. The smallest absolute Gasteiger partial charge is 0.225 e. The maximum absolute atomic E-state index is 12.4. The van der Waals surface area contributed by atoms with Gasteiger partial charge in [-0.2, -0.15) is 0 Å². The Morgan fingerprint density at radius 2 is 2.12 bits per heavy atom. The largest absolute Gasteiger partial charge is 0.386 e. The fourth-order valence-electron chi connectivity index (χ4n) is 3.38. The highest BCUT2D eigenvalue weighted by Crippen LogP contribution is 2.24. The van der Waals surface area contributed by atoms with Gasteiger partial charge in [-0.05, 0) is 37.0 Å². The number of hydrogen-bond donors (Lipinski definition) is 1. The monoisotopic (exact) mass is 355 g/mol. The van der Waals surface area contributed by atoms with E-state index in [1.807, 2.05) is 17.0 Å². The maximum Gasteiger partial charge on any atom is 0.225 e. The minimum absolute atomic E-state index is 0.0235. The molecule has 1 saturated heterocycles. The molecule has 2 aromatic heterocycles. The van der Waals surface area contributed by atoms with Crippen molar-refractivity contribution in [2.75, 3.05) is 31.6 Å². The number of carbonyl (C=O) groups is 1. The number of anilines is 1. The number of β-amino-alcohol motifs (C(OH)–C–C–N with tert-alkyl or cyclic N) is 1. The van der Waals surface area contributed by atoms with Gasteiger partial charge < -0.3 is 14.9 Å². The van der Waals surface area contributed by atoms with Crippen molar-refractivity contribution in [3.8, 4) is 0 Å². The minimum atomic E-state index is -0.948. The van der Waals surface area contributed by atoms with Crippen LogP contribution in [0.1, 0.15) is 24.8 Å². The molecular formula is C19H25N5O2. The molecule has 7 nitrogen and oxygen atoms in total. The Labute approximate surface area is 153 Å². The second-order valence-electron chi connectivity index (χ2n) is 6.91. The number of piperidine rings is 1. The summed E-state index contributed by atoms with van der Waals surface area (Å²) in [6.07, 6.45) is 9.46. The summed E-state index contributed by atoms with van der Waals surface area (Å²) in [4.78, 5) is 28.6. The first-order valence-electron chi connectivity index (χ1n) is 8.93. The number of aromatic nitrogens is 3. The number of aliphatic hydroxyl groups is 1. The van der Waals surface area contributed by atoms with Crippen molar-refractivity contribution in [1.82, 2.24) is 19.9 Å². The van der Waals surface area contributed by atoms with Gasteiger partial charge in [-0.3, -0.25) is 9.78 Å². The van der Waals surface area contributed by atoms with E-state index in [1.165, 1.54) is 0 Å². The van der Waals surface area contributed by atoms with Crippen molar-refractivity contribution in [2.45, 2.75) is 31.3 Å². The highest BCUT2D eigenvalue weighted by molar-refractivity contribution is 5.76. The molecule has 3 rings (SSSR count). The Balaban J connectivity index is 1.55. The van der Waals surface area contributed by atoms with Crippen LogP contribution >= 0.6 is 0 Å². The van der Waals surface area contributed by atoms with Crippen LogP contribution in [-0.2, 0) is 11.2 Å². The van der Waals surface area contributed by atoms with Crippen LogP contribution in [0.5, 0.6) is 0 Å². The van der Waals surface area contributed by atoms with Crippen LogP contribution in [-0.4, -0.2) is 63.1 Å². The molecule has 3 heterocycles. The van der Waals surface area contributed by atoms with Gasteiger partial charge in [0.1, 0.15) is 0 Å². The third-order valence-corrected chi connectivity index (χ3v) is 4.70. The van der Waals surface area contributed by atoms with E-state index >= 15 is 0 Å². The summed E-state index contributed by atoms with van der Waals surface area (Å²) in [6, 6.07) is 5.61. The van der Waals surface area contributed by atoms with Crippen molar-refractivity contribution in [1.29, 1.82) is 0 Å². The number of amides is 1. The Hall–Kier alpha value is -2.54. The van der Waals surface area contributed by atoms with E-state index in [2.05, 4.69) is 15.0 Å². The van der Waals surface area contributed by atoms with Gasteiger partial charge in [0, 0.05) is 44.8 Å². The van der Waals surface area contributed by atoms with E-state index in [4.69, 9.17) is 0 Å². The Kier molecular flexibility index (Phi) is 5.78. The maximum atomic E-state index is 12.4. The van der Waals surface area contributed by atoms with E-state index in [1.54, 1.807) is 42.8 Å². The topological polar surface area (TPSA) is 82.5 Å². The molecule has 0 aromatic carbocycles. The normalized spacial score (nSPS) is 20.0. The molecule has 26 heavy (non-hydrogen) atoms. The van der Waals surface area contributed by atoms with Gasteiger partial charge in [0.15, 0.2) is 0 Å². The van der Waals surface area contributed by atoms with Crippen LogP contribution in [0.25, 0.3) is 0 Å². The first kappa shape index (κ1) is 18.3. The molecule has 1 aliphatic rings. The first-order chi connectivity index (χ1) is 12.6. The number of pyridine rings is 1. The molecule has 0 spiro atoms. The Bertz CT molecular complexity index is 712. The van der Waals surface area contributed by atoms with Crippen molar-refractivity contribution in [3.63, 3.8) is 0 Å². The molecule has 7 heteroatoms. The SMILES string of the molecule is CN(C[C@@]1(O)CCCN(c2ncccn2)C1)C(=O)CCc1cccnc1. The Morgan fingerprint density at radius 1 is 1.31 bits per heavy atom. The lowest BCUT2D eigenvalue weighted by atomic mass is 9.92. The summed E-state index contributed by atoms with van der Waals surface area (Å²) in [7, 11) is 1.75. The summed E-state index contributed by atoms with van der Waals surface area (Å²) < 4.78 is 0. The predicted molar refractivity (Wildman–Crippen MR) is 98.6 cm³/mol. The highest BCUT2D eigenvalue weighted by Gasteiger charge is 2.36.